The lowest BCUT2D eigenvalue weighted by molar-refractivity contribution is 0.100. The number of rotatable bonds is 3. The Kier molecular flexibility index (Phi) is 3.48. The molecule has 74 valence electrons. The van der Waals surface area contributed by atoms with Crippen molar-refractivity contribution in [2.24, 2.45) is 16.5 Å². The number of nitrogens with zero attached hydrogens (tertiary/aromatic N) is 1. The van der Waals surface area contributed by atoms with Crippen LogP contribution in [0, 0.1) is 0 Å². The van der Waals surface area contributed by atoms with Gasteiger partial charge in [-0.2, -0.15) is 0 Å². The molecule has 0 aromatic heterocycles. The van der Waals surface area contributed by atoms with Crippen LogP contribution in [0.2, 0.25) is 0 Å². The summed E-state index contributed by atoms with van der Waals surface area (Å²) in [4.78, 5) is 14.9. The van der Waals surface area contributed by atoms with Crippen LogP contribution in [0.25, 0.3) is 0 Å². The second-order valence-electron chi connectivity index (χ2n) is 2.62. The number of carbonyl (C=O) groups is 1. The van der Waals surface area contributed by atoms with E-state index in [4.69, 9.17) is 23.1 Å². The zero-order chi connectivity index (χ0) is 10.6. The number of hydrogen-bond donors (Lipinski definition) is 2. The fourth-order valence-corrected chi connectivity index (χ4v) is 1.02. The van der Waals surface area contributed by atoms with Crippen molar-refractivity contribution in [2.45, 2.75) is 0 Å². The molecular formula is C9H10ClN3O. The summed E-state index contributed by atoms with van der Waals surface area (Å²) in [6.07, 6.45) is 0. The molecule has 0 saturated heterocycles. The maximum Gasteiger partial charge on any atom is 0.250 e. The fourth-order valence-electron chi connectivity index (χ4n) is 0.964. The second-order valence-corrected chi connectivity index (χ2v) is 2.89. The smallest absolute Gasteiger partial charge is 0.250 e. The molecule has 4 N–H and O–H groups in total. The molecule has 0 radical (unpaired) electrons. The first-order valence-corrected chi connectivity index (χ1v) is 4.46. The lowest BCUT2D eigenvalue weighted by Gasteiger charge is -2.01. The van der Waals surface area contributed by atoms with Crippen LogP contribution in [0.5, 0.6) is 0 Å². The van der Waals surface area contributed by atoms with E-state index in [1.165, 1.54) is 0 Å². The van der Waals surface area contributed by atoms with E-state index in [2.05, 4.69) is 4.99 Å². The van der Waals surface area contributed by atoms with Gasteiger partial charge in [-0.15, -0.1) is 11.6 Å². The largest absolute Gasteiger partial charge is 0.386 e. The Labute approximate surface area is 86.6 Å². The van der Waals surface area contributed by atoms with Gasteiger partial charge in [-0.1, -0.05) is 12.1 Å². The molecule has 5 heteroatoms. The van der Waals surface area contributed by atoms with Crippen molar-refractivity contribution in [3.8, 4) is 0 Å². The third-order valence-corrected chi connectivity index (χ3v) is 1.84. The predicted octanol–water partition coefficient (Wildman–Crippen LogP) is 1.01. The van der Waals surface area contributed by atoms with Crippen molar-refractivity contribution in [2.75, 3.05) is 5.88 Å². The van der Waals surface area contributed by atoms with Crippen LogP contribution in [0.4, 0.5) is 5.69 Å². The molecule has 0 aliphatic carbocycles. The summed E-state index contributed by atoms with van der Waals surface area (Å²) in [7, 11) is 0. The van der Waals surface area contributed by atoms with Gasteiger partial charge in [0, 0.05) is 0 Å². The third-order valence-electron chi connectivity index (χ3n) is 1.57. The Morgan fingerprint density at radius 1 is 1.36 bits per heavy atom. The van der Waals surface area contributed by atoms with Crippen LogP contribution in [0.3, 0.4) is 0 Å². The Morgan fingerprint density at radius 2 is 2.00 bits per heavy atom. The summed E-state index contributed by atoms with van der Waals surface area (Å²) >= 11 is 5.46. The molecule has 0 bridgehead atoms. The number of benzene rings is 1. The van der Waals surface area contributed by atoms with Crippen molar-refractivity contribution in [1.29, 1.82) is 0 Å². The maximum atomic E-state index is 11.0. The molecule has 1 amide bonds. The zero-order valence-corrected chi connectivity index (χ0v) is 8.16. The Hall–Kier alpha value is -1.55. The molecule has 0 saturated carbocycles. The first kappa shape index (κ1) is 10.5. The number of hydrogen-bond acceptors (Lipinski definition) is 2. The Morgan fingerprint density at radius 3 is 2.57 bits per heavy atom. The summed E-state index contributed by atoms with van der Waals surface area (Å²) in [5.41, 5.74) is 11.4. The van der Waals surface area contributed by atoms with Crippen LogP contribution < -0.4 is 11.5 Å². The average Bonchev–Trinajstić information content (AvgIpc) is 2.18. The minimum absolute atomic E-state index is 0.118. The Balaban J connectivity index is 3.14. The third kappa shape index (κ3) is 2.47. The summed E-state index contributed by atoms with van der Waals surface area (Å²) in [5.74, 6) is -0.167. The standard InChI is InChI=1S/C9H10ClN3O/c10-5-8(11)13-7-4-2-1-3-6(7)9(12)14/h1-4H,5H2,(H2,11,13)(H2,12,14). The van der Waals surface area contributed by atoms with E-state index in [0.29, 0.717) is 11.3 Å². The highest BCUT2D eigenvalue weighted by atomic mass is 35.5. The minimum Gasteiger partial charge on any atom is -0.386 e. The highest BCUT2D eigenvalue weighted by Gasteiger charge is 2.05. The van der Waals surface area contributed by atoms with Gasteiger partial charge in [0.05, 0.1) is 17.1 Å². The van der Waals surface area contributed by atoms with Gasteiger partial charge in [0.15, 0.2) is 0 Å². The van der Waals surface area contributed by atoms with Gasteiger partial charge in [0.25, 0.3) is 5.91 Å². The van der Waals surface area contributed by atoms with Crippen molar-refractivity contribution in [3.63, 3.8) is 0 Å². The molecular weight excluding hydrogens is 202 g/mol. The highest BCUT2D eigenvalue weighted by molar-refractivity contribution is 6.28. The van der Waals surface area contributed by atoms with Crippen LogP contribution >= 0.6 is 11.6 Å². The van der Waals surface area contributed by atoms with E-state index in [0.717, 1.165) is 0 Å². The summed E-state index contributed by atoms with van der Waals surface area (Å²) in [6.45, 7) is 0. The molecule has 0 fully saturated rings. The normalized spacial score (nSPS) is 11.4. The number of amidine groups is 1. The van der Waals surface area contributed by atoms with Gasteiger partial charge < -0.3 is 11.5 Å². The Bertz CT molecular complexity index is 376. The molecule has 4 nitrogen and oxygen atoms in total. The topological polar surface area (TPSA) is 81.5 Å². The fraction of sp³-hybridized carbons (Fsp3) is 0.111. The summed E-state index contributed by atoms with van der Waals surface area (Å²) < 4.78 is 0. The highest BCUT2D eigenvalue weighted by Crippen LogP contribution is 2.17. The number of alkyl halides is 1. The van der Waals surface area contributed by atoms with Gasteiger partial charge in [-0.3, -0.25) is 4.79 Å². The SMILES string of the molecule is NC(=O)c1ccccc1N=C(N)CCl. The number of amides is 1. The summed E-state index contributed by atoms with van der Waals surface area (Å²) in [6, 6.07) is 6.69. The monoisotopic (exact) mass is 211 g/mol. The molecule has 1 aromatic carbocycles. The molecule has 0 atom stereocenters. The molecule has 0 aliphatic rings. The minimum atomic E-state index is -0.535. The zero-order valence-electron chi connectivity index (χ0n) is 7.40. The van der Waals surface area contributed by atoms with E-state index in [1.54, 1.807) is 24.3 Å². The van der Waals surface area contributed by atoms with Crippen molar-refractivity contribution < 1.29 is 4.79 Å². The predicted molar refractivity (Wildman–Crippen MR) is 57.0 cm³/mol. The molecule has 0 unspecified atom stereocenters. The van der Waals surface area contributed by atoms with Crippen LogP contribution in [-0.4, -0.2) is 17.6 Å². The first-order valence-electron chi connectivity index (χ1n) is 3.93. The van der Waals surface area contributed by atoms with Gasteiger partial charge in [-0.25, -0.2) is 4.99 Å². The molecule has 14 heavy (non-hydrogen) atoms. The summed E-state index contributed by atoms with van der Waals surface area (Å²) in [5, 5.41) is 0. The van der Waals surface area contributed by atoms with E-state index >= 15 is 0 Å². The van der Waals surface area contributed by atoms with E-state index in [-0.39, 0.29) is 11.7 Å². The lowest BCUT2D eigenvalue weighted by Crippen LogP contribution is -2.14. The quantitative estimate of drug-likeness (QED) is 0.445. The number of aliphatic imine (C=N–C) groups is 1. The first-order chi connectivity index (χ1) is 6.65. The molecule has 0 spiro atoms. The molecule has 0 aliphatic heterocycles. The van der Waals surface area contributed by atoms with E-state index < -0.39 is 5.91 Å². The second kappa shape index (κ2) is 4.62. The van der Waals surface area contributed by atoms with E-state index in [1.807, 2.05) is 0 Å². The number of carbonyl (C=O) groups excluding carboxylic acids is 1. The van der Waals surface area contributed by atoms with Crippen LogP contribution in [-0.2, 0) is 0 Å². The number of primary amides is 1. The average molecular weight is 212 g/mol. The van der Waals surface area contributed by atoms with E-state index in [9.17, 15) is 4.79 Å². The molecule has 0 heterocycles. The molecule has 1 rings (SSSR count). The van der Waals surface area contributed by atoms with Crippen molar-refractivity contribution >= 4 is 29.0 Å². The van der Waals surface area contributed by atoms with Gasteiger partial charge in [-0.05, 0) is 12.1 Å². The molecule has 1 aromatic rings. The van der Waals surface area contributed by atoms with Crippen molar-refractivity contribution in [3.05, 3.63) is 29.8 Å². The number of para-hydroxylation sites is 1. The van der Waals surface area contributed by atoms with Crippen molar-refractivity contribution in [1.82, 2.24) is 0 Å². The number of halogens is 1. The van der Waals surface area contributed by atoms with Crippen LogP contribution in [0.1, 0.15) is 10.4 Å². The van der Waals surface area contributed by atoms with Gasteiger partial charge in [0.1, 0.15) is 5.84 Å². The van der Waals surface area contributed by atoms with Gasteiger partial charge in [0.2, 0.25) is 0 Å². The lowest BCUT2D eigenvalue weighted by atomic mass is 10.2. The van der Waals surface area contributed by atoms with Gasteiger partial charge >= 0.3 is 0 Å². The van der Waals surface area contributed by atoms with Crippen LogP contribution in [0.15, 0.2) is 29.3 Å². The number of nitrogens with two attached hydrogens (primary N) is 2. The maximum absolute atomic E-state index is 11.0.